The third-order valence-corrected chi connectivity index (χ3v) is 5.64. The highest BCUT2D eigenvalue weighted by molar-refractivity contribution is 9.10. The van der Waals surface area contributed by atoms with Gasteiger partial charge in [-0.3, -0.25) is 0 Å². The molecule has 0 saturated carbocycles. The van der Waals surface area contributed by atoms with E-state index in [-0.39, 0.29) is 0 Å². The molecule has 1 aliphatic rings. The maximum Gasteiger partial charge on any atom is 0.133 e. The minimum atomic E-state index is 0.624. The van der Waals surface area contributed by atoms with Crippen LogP contribution in [0.2, 0.25) is 10.0 Å². The Kier molecular flexibility index (Phi) is 4.76. The molecule has 0 spiro atoms. The number of aromatic nitrogens is 2. The Morgan fingerprint density at radius 3 is 2.76 bits per heavy atom. The third-order valence-electron chi connectivity index (χ3n) is 4.39. The predicted molar refractivity (Wildman–Crippen MR) is 108 cm³/mol. The van der Waals surface area contributed by atoms with Crippen molar-refractivity contribution in [1.82, 2.24) is 9.78 Å². The molecule has 1 aromatic heterocycles. The number of nitrogens with one attached hydrogen (secondary N) is 1. The van der Waals surface area contributed by atoms with Gasteiger partial charge in [-0.25, -0.2) is 4.68 Å². The normalized spacial score (nSPS) is 13.9. The number of halogens is 3. The van der Waals surface area contributed by atoms with Crippen molar-refractivity contribution in [3.05, 3.63) is 62.5 Å². The Hall–Kier alpha value is -1.49. The number of nitrogens with zero attached hydrogens (tertiary/aromatic N) is 2. The van der Waals surface area contributed by atoms with Crippen LogP contribution in [0.1, 0.15) is 18.4 Å². The first-order chi connectivity index (χ1) is 12.1. The fourth-order valence-corrected chi connectivity index (χ4v) is 4.03. The van der Waals surface area contributed by atoms with Gasteiger partial charge in [0.1, 0.15) is 5.82 Å². The number of rotatable bonds is 2. The molecule has 0 radical (unpaired) electrons. The second-order valence-electron chi connectivity index (χ2n) is 6.05. The van der Waals surface area contributed by atoms with Crippen molar-refractivity contribution in [1.29, 1.82) is 0 Å². The second kappa shape index (κ2) is 7.02. The average molecular weight is 437 g/mol. The molecule has 25 heavy (non-hydrogen) atoms. The molecule has 2 heterocycles. The van der Waals surface area contributed by atoms with Crippen LogP contribution in [-0.4, -0.2) is 16.3 Å². The van der Waals surface area contributed by atoms with E-state index >= 15 is 0 Å². The van der Waals surface area contributed by atoms with Gasteiger partial charge in [-0.2, -0.15) is 5.10 Å². The molecule has 0 amide bonds. The van der Waals surface area contributed by atoms with Crippen molar-refractivity contribution in [3.8, 4) is 16.9 Å². The van der Waals surface area contributed by atoms with E-state index in [1.165, 1.54) is 5.56 Å². The third kappa shape index (κ3) is 3.19. The SMILES string of the molecule is Clc1ccc(Cl)c(-n2nc(-c3ccccc3Br)c3c2NCCCC3)c1. The minimum Gasteiger partial charge on any atom is -0.370 e. The Morgan fingerprint density at radius 1 is 1.08 bits per heavy atom. The lowest BCUT2D eigenvalue weighted by Crippen LogP contribution is -2.07. The van der Waals surface area contributed by atoms with Gasteiger partial charge >= 0.3 is 0 Å². The van der Waals surface area contributed by atoms with Gasteiger partial charge in [0, 0.05) is 27.2 Å². The van der Waals surface area contributed by atoms with Gasteiger partial charge in [-0.05, 0) is 43.5 Å². The number of hydrogen-bond donors (Lipinski definition) is 1. The van der Waals surface area contributed by atoms with E-state index in [1.54, 1.807) is 6.07 Å². The van der Waals surface area contributed by atoms with Crippen LogP contribution in [0, 0.1) is 0 Å². The van der Waals surface area contributed by atoms with E-state index in [0.29, 0.717) is 10.0 Å². The zero-order valence-corrected chi connectivity index (χ0v) is 16.5. The Bertz CT molecular complexity index is 936. The van der Waals surface area contributed by atoms with Crippen LogP contribution < -0.4 is 5.32 Å². The van der Waals surface area contributed by atoms with Gasteiger partial charge in [-0.1, -0.05) is 57.3 Å². The van der Waals surface area contributed by atoms with Crippen molar-refractivity contribution in [2.75, 3.05) is 11.9 Å². The highest BCUT2D eigenvalue weighted by Crippen LogP contribution is 2.38. The number of fused-ring (bicyclic) bond motifs is 1. The summed E-state index contributed by atoms with van der Waals surface area (Å²) in [5.74, 6) is 1.01. The molecule has 0 unspecified atom stereocenters. The molecule has 0 aliphatic carbocycles. The van der Waals surface area contributed by atoms with Crippen LogP contribution >= 0.6 is 39.1 Å². The summed E-state index contributed by atoms with van der Waals surface area (Å²) in [6.07, 6.45) is 3.25. The van der Waals surface area contributed by atoms with Crippen molar-refractivity contribution >= 4 is 44.9 Å². The summed E-state index contributed by atoms with van der Waals surface area (Å²) in [4.78, 5) is 0. The van der Waals surface area contributed by atoms with E-state index in [2.05, 4.69) is 27.3 Å². The molecule has 1 N–H and O–H groups in total. The summed E-state index contributed by atoms with van der Waals surface area (Å²) in [5, 5.41) is 9.71. The fraction of sp³-hybridized carbons (Fsp3) is 0.211. The summed E-state index contributed by atoms with van der Waals surface area (Å²) in [6.45, 7) is 0.923. The quantitative estimate of drug-likeness (QED) is 0.506. The first-order valence-electron chi connectivity index (χ1n) is 8.21. The summed E-state index contributed by atoms with van der Waals surface area (Å²) in [5.41, 5.74) is 4.07. The van der Waals surface area contributed by atoms with Gasteiger partial charge in [-0.15, -0.1) is 0 Å². The van der Waals surface area contributed by atoms with E-state index in [1.807, 2.05) is 35.0 Å². The van der Waals surface area contributed by atoms with Crippen molar-refractivity contribution < 1.29 is 0 Å². The maximum absolute atomic E-state index is 6.44. The van der Waals surface area contributed by atoms with Crippen LogP contribution in [-0.2, 0) is 6.42 Å². The summed E-state index contributed by atoms with van der Waals surface area (Å²) >= 11 is 16.3. The fourth-order valence-electron chi connectivity index (χ4n) is 3.19. The molecular weight excluding hydrogens is 421 g/mol. The van der Waals surface area contributed by atoms with Crippen molar-refractivity contribution in [2.24, 2.45) is 0 Å². The zero-order chi connectivity index (χ0) is 17.4. The molecule has 0 bridgehead atoms. The lowest BCUT2D eigenvalue weighted by atomic mass is 10.0. The van der Waals surface area contributed by atoms with Crippen molar-refractivity contribution in [3.63, 3.8) is 0 Å². The summed E-state index contributed by atoms with van der Waals surface area (Å²) in [7, 11) is 0. The van der Waals surface area contributed by atoms with Crippen LogP contribution in [0.25, 0.3) is 16.9 Å². The zero-order valence-electron chi connectivity index (χ0n) is 13.4. The number of anilines is 1. The van der Waals surface area contributed by atoms with Crippen LogP contribution in [0.4, 0.5) is 5.82 Å². The van der Waals surface area contributed by atoms with Gasteiger partial charge in [0.2, 0.25) is 0 Å². The predicted octanol–water partition coefficient (Wildman–Crippen LogP) is 6.36. The lowest BCUT2D eigenvalue weighted by Gasteiger charge is -2.11. The van der Waals surface area contributed by atoms with Crippen LogP contribution in [0.3, 0.4) is 0 Å². The Morgan fingerprint density at radius 2 is 1.92 bits per heavy atom. The molecule has 6 heteroatoms. The Labute approximate surface area is 165 Å². The highest BCUT2D eigenvalue weighted by atomic mass is 79.9. The van der Waals surface area contributed by atoms with E-state index in [0.717, 1.165) is 53.0 Å². The molecule has 3 aromatic rings. The maximum atomic E-state index is 6.44. The minimum absolute atomic E-state index is 0.624. The van der Waals surface area contributed by atoms with Gasteiger partial charge < -0.3 is 5.32 Å². The largest absolute Gasteiger partial charge is 0.370 e. The van der Waals surface area contributed by atoms with E-state index in [4.69, 9.17) is 28.3 Å². The lowest BCUT2D eigenvalue weighted by molar-refractivity contribution is 0.780. The molecule has 0 saturated heterocycles. The molecule has 2 aromatic carbocycles. The molecule has 0 atom stereocenters. The monoisotopic (exact) mass is 435 g/mol. The smallest absolute Gasteiger partial charge is 0.133 e. The highest BCUT2D eigenvalue weighted by Gasteiger charge is 2.23. The summed E-state index contributed by atoms with van der Waals surface area (Å²) < 4.78 is 2.92. The van der Waals surface area contributed by atoms with Gasteiger partial charge in [0.15, 0.2) is 0 Å². The molecule has 4 rings (SSSR count). The molecule has 3 nitrogen and oxygen atoms in total. The Balaban J connectivity index is 1.97. The summed E-state index contributed by atoms with van der Waals surface area (Å²) in [6, 6.07) is 13.6. The van der Waals surface area contributed by atoms with Gasteiger partial charge in [0.25, 0.3) is 0 Å². The van der Waals surface area contributed by atoms with Crippen LogP contribution in [0.15, 0.2) is 46.9 Å². The van der Waals surface area contributed by atoms with Crippen molar-refractivity contribution in [2.45, 2.75) is 19.3 Å². The second-order valence-corrected chi connectivity index (χ2v) is 7.75. The number of hydrogen-bond acceptors (Lipinski definition) is 2. The number of benzene rings is 2. The topological polar surface area (TPSA) is 29.9 Å². The van der Waals surface area contributed by atoms with Crippen LogP contribution in [0.5, 0.6) is 0 Å². The van der Waals surface area contributed by atoms with E-state index in [9.17, 15) is 0 Å². The first kappa shape index (κ1) is 17.0. The molecule has 1 aliphatic heterocycles. The molecule has 128 valence electrons. The van der Waals surface area contributed by atoms with E-state index < -0.39 is 0 Å². The average Bonchev–Trinajstić information content (AvgIpc) is 2.79. The first-order valence-corrected chi connectivity index (χ1v) is 9.76. The standard InChI is InChI=1S/C19H16BrCl2N3/c20-15-7-2-1-5-13(15)18-14-6-3-4-10-23-19(14)25(24-18)17-11-12(21)8-9-16(17)22/h1-2,5,7-9,11,23H,3-4,6,10H2. The molecule has 0 fully saturated rings. The van der Waals surface area contributed by atoms with Gasteiger partial charge in [0.05, 0.1) is 16.4 Å². The molecular formula is C19H16BrCl2N3.